The first-order valence-corrected chi connectivity index (χ1v) is 15.6. The smallest absolute Gasteiger partial charge is 0.338 e. The molecule has 1 amide bonds. The Kier molecular flexibility index (Phi) is 10.3. The molecule has 0 aromatic carbocycles. The number of aliphatic hydroxyl groups excluding tert-OH is 2. The molecule has 14 heteroatoms. The fourth-order valence-electron chi connectivity index (χ4n) is 8.14. The molecule has 4 aliphatic rings. The second kappa shape index (κ2) is 12.7. The van der Waals surface area contributed by atoms with Crippen LogP contribution >= 0.6 is 11.3 Å². The summed E-state index contributed by atoms with van der Waals surface area (Å²) in [5.41, 5.74) is -5.90. The predicted molar refractivity (Wildman–Crippen MR) is 155 cm³/mol. The third-order valence-corrected chi connectivity index (χ3v) is 11.5. The molecule has 2 saturated carbocycles. The zero-order valence-corrected chi connectivity index (χ0v) is 31.8. The van der Waals surface area contributed by atoms with Gasteiger partial charge in [-0.05, 0) is 23.9 Å². The van der Waals surface area contributed by atoms with E-state index in [2.05, 4.69) is 5.32 Å². The Balaban J connectivity index is 0.00000461. The van der Waals surface area contributed by atoms with Gasteiger partial charge in [-0.15, -0.1) is 11.3 Å². The Bertz CT molecular complexity index is 1400. The molecule has 245 valence electrons. The first-order chi connectivity index (χ1) is 20.4. The molecule has 2 bridgehead atoms. The molecule has 0 spiro atoms. The summed E-state index contributed by atoms with van der Waals surface area (Å²) < 4.78 is 17.3. The van der Waals surface area contributed by atoms with Crippen LogP contribution in [0.4, 0.5) is 0 Å². The zero-order chi connectivity index (χ0) is 32.6. The number of hydrogen-bond donors (Lipinski definition) is 5. The molecule has 10 atom stereocenters. The van der Waals surface area contributed by atoms with Crippen molar-refractivity contribution in [3.8, 4) is 0 Å². The number of nitrogens with one attached hydrogen (secondary N) is 1. The van der Waals surface area contributed by atoms with Gasteiger partial charge in [-0.1, -0.05) is 26.8 Å². The normalized spacial score (nSPS) is 38.1. The molecule has 1 saturated heterocycles. The topological polar surface area (TPSA) is 189 Å². The van der Waals surface area contributed by atoms with Crippen molar-refractivity contribution in [2.75, 3.05) is 6.61 Å². The van der Waals surface area contributed by atoms with Crippen LogP contribution in [-0.2, 0) is 33.4 Å². The number of rotatable bonds is 6. The minimum atomic E-state index is -2.09. The van der Waals surface area contributed by atoms with Gasteiger partial charge in [-0.2, -0.15) is 0 Å². The van der Waals surface area contributed by atoms with E-state index in [0.717, 1.165) is 0 Å². The summed E-state index contributed by atoms with van der Waals surface area (Å²) in [4.78, 5) is 52.7. The number of carbonyl (C=O) groups excluding carboxylic acids is 4. The van der Waals surface area contributed by atoms with Gasteiger partial charge >= 0.3 is 11.9 Å². The van der Waals surface area contributed by atoms with Crippen LogP contribution in [0.2, 0.25) is 0 Å². The first kappa shape index (κ1) is 36.6. The van der Waals surface area contributed by atoms with Crippen molar-refractivity contribution in [1.82, 2.24) is 5.32 Å². The van der Waals surface area contributed by atoms with Crippen LogP contribution in [0.25, 0.3) is 0 Å². The maximum Gasteiger partial charge on any atom is 0.338 e. The Morgan fingerprint density at radius 1 is 1.16 bits per heavy atom. The molecule has 5 rings (SSSR count). The SMILES string of the molecule is CC(=O)N[C@@H](c1cccs1)[C@@H](O)C(=O)O[C@H]1C[C@@]2(O)[C@@H](OC(C)=O)[C@H]3[C@](C)(CC(=O)C(=C1C)C2(C)C)[C@@H](O)C[C@H]1OC[C@]13O.[Ac]. The van der Waals surface area contributed by atoms with E-state index >= 15 is 0 Å². The average molecular weight is 863 g/mol. The number of esters is 2. The number of thiophene rings is 1. The summed E-state index contributed by atoms with van der Waals surface area (Å²) in [6.45, 7) is 8.80. The Morgan fingerprint density at radius 2 is 1.82 bits per heavy atom. The van der Waals surface area contributed by atoms with E-state index < -0.39 is 88.1 Å². The molecule has 1 radical (unpaired) electrons. The number of fused-ring (bicyclic) bond motifs is 5. The molecule has 45 heavy (non-hydrogen) atoms. The molecule has 0 unspecified atom stereocenters. The van der Waals surface area contributed by atoms with Crippen molar-refractivity contribution in [3.63, 3.8) is 0 Å². The van der Waals surface area contributed by atoms with Crippen LogP contribution in [-0.4, -0.2) is 92.4 Å². The van der Waals surface area contributed by atoms with E-state index in [4.69, 9.17) is 14.2 Å². The van der Waals surface area contributed by atoms with Gasteiger partial charge in [0, 0.05) is 104 Å². The van der Waals surface area contributed by atoms with Gasteiger partial charge in [-0.25, -0.2) is 4.79 Å². The zero-order valence-electron chi connectivity index (χ0n) is 26.2. The molecular weight excluding hydrogens is 821 g/mol. The first-order valence-electron chi connectivity index (χ1n) is 14.7. The van der Waals surface area contributed by atoms with E-state index in [1.54, 1.807) is 45.2 Å². The molecule has 3 fully saturated rings. The number of aliphatic hydroxyl groups is 4. The van der Waals surface area contributed by atoms with Gasteiger partial charge < -0.3 is 40.0 Å². The van der Waals surface area contributed by atoms with E-state index in [1.807, 2.05) is 0 Å². The van der Waals surface area contributed by atoms with Gasteiger partial charge in [0.15, 0.2) is 11.9 Å². The summed E-state index contributed by atoms with van der Waals surface area (Å²) >= 11 is 1.23. The van der Waals surface area contributed by atoms with E-state index in [-0.39, 0.29) is 75.5 Å². The molecule has 1 aromatic heterocycles. The van der Waals surface area contributed by atoms with Crippen molar-refractivity contribution in [2.24, 2.45) is 16.7 Å². The predicted octanol–water partition coefficient (Wildman–Crippen LogP) is 1.10. The summed E-state index contributed by atoms with van der Waals surface area (Å²) in [5.74, 6) is -3.87. The van der Waals surface area contributed by atoms with E-state index in [9.17, 15) is 39.6 Å². The minimum absolute atomic E-state index is 0. The fourth-order valence-corrected chi connectivity index (χ4v) is 8.95. The monoisotopic (exact) mass is 862 g/mol. The van der Waals surface area contributed by atoms with Crippen molar-refractivity contribution in [3.05, 3.63) is 33.5 Å². The van der Waals surface area contributed by atoms with Gasteiger partial charge in [-0.3, -0.25) is 14.4 Å². The maximum atomic E-state index is 14.2. The number of ether oxygens (including phenoxy) is 3. The minimum Gasteiger partial charge on any atom is -0.459 e. The summed E-state index contributed by atoms with van der Waals surface area (Å²) in [6, 6.07) is 2.25. The fraction of sp³-hybridized carbons (Fsp3) is 0.677. The Morgan fingerprint density at radius 3 is 2.36 bits per heavy atom. The van der Waals surface area contributed by atoms with Gasteiger partial charge in [0.05, 0.1) is 18.8 Å². The second-order valence-corrected chi connectivity index (χ2v) is 14.5. The average Bonchev–Trinajstić information content (AvgIpc) is 3.45. The standard InChI is InChI=1S/C31H41NO11S.Ac/c1-14-18(43-27(38)24(37)23(32-15(2)33)19-8-7-9-44-19)12-31(40)26(42-16(3)34)25-29(6,11-17(35)22(14)28(31,4)5)20(36)10-21-30(25,39)13-41-21;/h7-9,18,20-21,23-26,36-37,39-40H,10-13H2,1-6H3,(H,32,33);/t18-,20-,21+,23-,24+,25-,26-,29+,30-,31+;/m0./s1. The van der Waals surface area contributed by atoms with Crippen LogP contribution in [0, 0.1) is 60.8 Å². The van der Waals surface area contributed by atoms with Crippen LogP contribution in [0.3, 0.4) is 0 Å². The van der Waals surface area contributed by atoms with Crippen molar-refractivity contribution in [2.45, 2.75) is 109 Å². The second-order valence-electron chi connectivity index (χ2n) is 13.5. The van der Waals surface area contributed by atoms with Crippen LogP contribution in [0.1, 0.15) is 71.7 Å². The van der Waals surface area contributed by atoms with Crippen molar-refractivity contribution < 1.29 is 97.9 Å². The van der Waals surface area contributed by atoms with Gasteiger partial charge in [0.25, 0.3) is 0 Å². The third-order valence-electron chi connectivity index (χ3n) is 10.5. The largest absolute Gasteiger partial charge is 0.459 e. The van der Waals surface area contributed by atoms with E-state index in [1.165, 1.54) is 25.2 Å². The number of carbonyl (C=O) groups is 4. The van der Waals surface area contributed by atoms with Gasteiger partial charge in [0.2, 0.25) is 5.91 Å². The molecule has 1 aromatic rings. The molecular formula is C31H41AcNO11S. The van der Waals surface area contributed by atoms with Crippen molar-refractivity contribution in [1.29, 1.82) is 0 Å². The van der Waals surface area contributed by atoms with Crippen molar-refractivity contribution >= 4 is 35.0 Å². The van der Waals surface area contributed by atoms with Crippen LogP contribution in [0.15, 0.2) is 28.7 Å². The Labute approximate surface area is 301 Å². The number of amides is 1. The number of hydrogen-bond acceptors (Lipinski definition) is 12. The van der Waals surface area contributed by atoms with E-state index in [0.29, 0.717) is 10.5 Å². The third kappa shape index (κ3) is 5.79. The molecule has 2 heterocycles. The van der Waals surface area contributed by atoms with Gasteiger partial charge in [0.1, 0.15) is 29.5 Å². The van der Waals surface area contributed by atoms with Crippen LogP contribution in [0.5, 0.6) is 0 Å². The molecule has 1 aliphatic heterocycles. The molecule has 3 aliphatic carbocycles. The quantitative estimate of drug-likeness (QED) is 0.258. The number of Topliss-reactive ketones (excluding diaryl/α,β-unsaturated/α-hetero) is 1. The van der Waals surface area contributed by atoms with Crippen LogP contribution < -0.4 is 5.32 Å². The molecule has 12 nitrogen and oxygen atoms in total. The number of ketones is 1. The maximum absolute atomic E-state index is 14.2. The summed E-state index contributed by atoms with van der Waals surface area (Å²) in [6.07, 6.45) is -6.99. The molecule has 5 N–H and O–H groups in total. The summed E-state index contributed by atoms with van der Waals surface area (Å²) in [7, 11) is 0. The Hall–Kier alpha value is -1.24. The summed E-state index contributed by atoms with van der Waals surface area (Å²) in [5, 5.41) is 51.4.